The van der Waals surface area contributed by atoms with E-state index in [0.717, 1.165) is 32.3 Å². The first kappa shape index (κ1) is 33.2. The quantitative estimate of drug-likeness (QED) is 0.119. The Labute approximate surface area is 277 Å². The first-order valence-corrected chi connectivity index (χ1v) is 15.2. The van der Waals surface area contributed by atoms with Gasteiger partial charge in [0.1, 0.15) is 25.1 Å². The first-order valence-electron chi connectivity index (χ1n) is 14.0. The number of aromatic nitrogens is 3. The second-order valence-electron chi connectivity index (χ2n) is 10.5. The molecule has 5 aromatic rings. The summed E-state index contributed by atoms with van der Waals surface area (Å²) in [6, 6.07) is 19.8. The zero-order valence-electron chi connectivity index (χ0n) is 24.6. The van der Waals surface area contributed by atoms with Crippen LogP contribution in [0, 0.1) is 6.92 Å². The third-order valence-electron chi connectivity index (χ3n) is 7.45. The van der Waals surface area contributed by atoms with Crippen molar-refractivity contribution < 1.29 is 34.1 Å². The molecule has 0 saturated carbocycles. The molecule has 5 N–H and O–H groups in total. The van der Waals surface area contributed by atoms with E-state index in [2.05, 4.69) is 31.1 Å². The number of aliphatic hydroxyl groups is 2. The van der Waals surface area contributed by atoms with Gasteiger partial charge in [-0.1, -0.05) is 59.2 Å². The number of benzene rings is 3. The standard InChI is InChI=1S/C33H30BrClN4O7/c1-19-23(7-3-8-24(19)31-38-28(15-40)39-46-31)25-9-2-6-22(29(25)34)17-44-27-11-10-21(13-26(27)35)30(33(36,18-41)32(42)43)45-16-20-5-4-12-37-14-20/h2-14,30,40-41H,15-18,36H2,1H3,(H,42,43)/t30?,33-/m1/s1. The molecule has 2 heterocycles. The van der Waals surface area contributed by atoms with Crippen LogP contribution < -0.4 is 10.5 Å². The van der Waals surface area contributed by atoms with Gasteiger partial charge in [-0.3, -0.25) is 9.78 Å². The lowest BCUT2D eigenvalue weighted by molar-refractivity contribution is -0.154. The summed E-state index contributed by atoms with van der Waals surface area (Å²) in [6.07, 6.45) is 1.96. The highest BCUT2D eigenvalue weighted by atomic mass is 79.9. The Hall–Kier alpha value is -4.17. The number of nitrogens with two attached hydrogens (primary N) is 1. The van der Waals surface area contributed by atoms with Crippen molar-refractivity contribution in [1.82, 2.24) is 15.1 Å². The number of hydrogen-bond donors (Lipinski definition) is 4. The number of halogens is 2. The third-order valence-corrected chi connectivity index (χ3v) is 8.68. The predicted octanol–water partition coefficient (Wildman–Crippen LogP) is 5.63. The fourth-order valence-corrected chi connectivity index (χ4v) is 5.74. The van der Waals surface area contributed by atoms with E-state index in [4.69, 9.17) is 31.3 Å². The first-order chi connectivity index (χ1) is 22.2. The lowest BCUT2D eigenvalue weighted by Gasteiger charge is -2.32. The molecule has 3 aromatic carbocycles. The van der Waals surface area contributed by atoms with Crippen LogP contribution in [0.5, 0.6) is 5.75 Å². The Bertz CT molecular complexity index is 1840. The van der Waals surface area contributed by atoms with Crippen molar-refractivity contribution in [3.05, 3.63) is 117 Å². The molecular formula is C33H30BrClN4O7. The number of pyridine rings is 1. The van der Waals surface area contributed by atoms with Gasteiger partial charge in [-0.15, -0.1) is 0 Å². The molecule has 1 unspecified atom stereocenters. The maximum atomic E-state index is 12.1. The topological polar surface area (TPSA) is 174 Å². The van der Waals surface area contributed by atoms with Crippen LogP contribution in [0.2, 0.25) is 5.02 Å². The average Bonchev–Trinajstić information content (AvgIpc) is 3.55. The summed E-state index contributed by atoms with van der Waals surface area (Å²) in [5.74, 6) is -0.557. The second kappa shape index (κ2) is 14.5. The summed E-state index contributed by atoms with van der Waals surface area (Å²) in [5, 5.41) is 33.1. The Morgan fingerprint density at radius 3 is 2.50 bits per heavy atom. The number of nitrogens with zero attached hydrogens (tertiary/aromatic N) is 3. The van der Waals surface area contributed by atoms with Crippen LogP contribution >= 0.6 is 27.5 Å². The molecule has 0 radical (unpaired) electrons. The van der Waals surface area contributed by atoms with E-state index in [1.807, 2.05) is 43.3 Å². The van der Waals surface area contributed by atoms with Crippen LogP contribution in [0.1, 0.15) is 34.2 Å². The minimum absolute atomic E-state index is 0.00592. The van der Waals surface area contributed by atoms with Gasteiger partial charge < -0.3 is 35.1 Å². The number of carboxylic acid groups (broad SMARTS) is 1. The number of rotatable bonds is 13. The van der Waals surface area contributed by atoms with Crippen LogP contribution in [-0.4, -0.2) is 48.6 Å². The molecular weight excluding hydrogens is 680 g/mol. The lowest BCUT2D eigenvalue weighted by atomic mass is 9.89. The molecule has 2 aromatic heterocycles. The molecule has 0 saturated heterocycles. The monoisotopic (exact) mass is 708 g/mol. The summed E-state index contributed by atoms with van der Waals surface area (Å²) < 4.78 is 18.2. The van der Waals surface area contributed by atoms with Gasteiger partial charge in [0.15, 0.2) is 11.4 Å². The Kier molecular flexibility index (Phi) is 10.5. The summed E-state index contributed by atoms with van der Waals surface area (Å²) >= 11 is 10.4. The Morgan fingerprint density at radius 2 is 1.83 bits per heavy atom. The molecule has 0 bridgehead atoms. The van der Waals surface area contributed by atoms with Gasteiger partial charge in [-0.25, -0.2) is 0 Å². The van der Waals surface area contributed by atoms with E-state index in [0.29, 0.717) is 22.8 Å². The Morgan fingerprint density at radius 1 is 1.07 bits per heavy atom. The van der Waals surface area contributed by atoms with Gasteiger partial charge in [0.25, 0.3) is 5.89 Å². The second-order valence-corrected chi connectivity index (χ2v) is 11.7. The van der Waals surface area contributed by atoms with Gasteiger partial charge in [0, 0.05) is 28.0 Å². The number of aliphatic hydroxyl groups excluding tert-OH is 2. The fraction of sp³-hybridized carbons (Fsp3) is 0.212. The Balaban J connectivity index is 1.37. The van der Waals surface area contributed by atoms with Crippen molar-refractivity contribution in [2.45, 2.75) is 38.4 Å². The zero-order valence-corrected chi connectivity index (χ0v) is 26.9. The molecule has 11 nitrogen and oxygen atoms in total. The van der Waals surface area contributed by atoms with Crippen molar-refractivity contribution in [2.24, 2.45) is 5.73 Å². The van der Waals surface area contributed by atoms with Gasteiger partial charge in [-0.05, 0) is 74.9 Å². The lowest BCUT2D eigenvalue weighted by Crippen LogP contribution is -2.56. The molecule has 0 aliphatic heterocycles. The van der Waals surface area contributed by atoms with Gasteiger partial charge in [0.05, 0.1) is 18.2 Å². The summed E-state index contributed by atoms with van der Waals surface area (Å²) in [4.78, 5) is 20.4. The van der Waals surface area contributed by atoms with E-state index in [9.17, 15) is 20.1 Å². The third kappa shape index (κ3) is 6.97. The molecule has 0 aliphatic carbocycles. The van der Waals surface area contributed by atoms with E-state index in [-0.39, 0.29) is 30.7 Å². The molecule has 13 heteroatoms. The highest BCUT2D eigenvalue weighted by Gasteiger charge is 2.44. The van der Waals surface area contributed by atoms with Crippen molar-refractivity contribution in [2.75, 3.05) is 6.61 Å². The molecule has 0 amide bonds. The summed E-state index contributed by atoms with van der Waals surface area (Å²) in [7, 11) is 0. The molecule has 238 valence electrons. The molecule has 0 aliphatic rings. The minimum atomic E-state index is -2.14. The van der Waals surface area contributed by atoms with Crippen LogP contribution in [0.15, 0.2) is 88.1 Å². The van der Waals surface area contributed by atoms with E-state index in [1.165, 1.54) is 6.07 Å². The largest absolute Gasteiger partial charge is 0.487 e. The summed E-state index contributed by atoms with van der Waals surface area (Å²) in [6.45, 7) is 0.924. The maximum absolute atomic E-state index is 12.1. The molecule has 0 fully saturated rings. The number of carboxylic acids is 1. The molecule has 5 rings (SSSR count). The number of carbonyl (C=O) groups is 1. The summed E-state index contributed by atoms with van der Waals surface area (Å²) in [5.41, 5.74) is 9.41. The fourth-order valence-electron chi connectivity index (χ4n) is 4.91. The van der Waals surface area contributed by atoms with Crippen LogP contribution in [0.25, 0.3) is 22.6 Å². The van der Waals surface area contributed by atoms with E-state index in [1.54, 1.807) is 36.7 Å². The van der Waals surface area contributed by atoms with Crippen molar-refractivity contribution >= 4 is 33.5 Å². The molecule has 2 atom stereocenters. The number of aliphatic carboxylic acids is 1. The SMILES string of the molecule is Cc1c(-c2nc(CO)no2)cccc1-c1cccc(COc2ccc(C(OCc3cccnc3)[C@](N)(CO)C(=O)O)cc2Cl)c1Br. The van der Waals surface area contributed by atoms with Gasteiger partial charge in [-0.2, -0.15) is 4.98 Å². The van der Waals surface area contributed by atoms with Crippen molar-refractivity contribution in [3.63, 3.8) is 0 Å². The van der Waals surface area contributed by atoms with Crippen LogP contribution in [0.4, 0.5) is 0 Å². The van der Waals surface area contributed by atoms with E-state index >= 15 is 0 Å². The minimum Gasteiger partial charge on any atom is -0.487 e. The molecule has 0 spiro atoms. The normalized spacial score (nSPS) is 13.3. The predicted molar refractivity (Wildman–Crippen MR) is 173 cm³/mol. The number of ether oxygens (including phenoxy) is 2. The smallest absolute Gasteiger partial charge is 0.329 e. The van der Waals surface area contributed by atoms with Gasteiger partial charge in [0.2, 0.25) is 0 Å². The van der Waals surface area contributed by atoms with Crippen LogP contribution in [-0.2, 0) is 29.4 Å². The van der Waals surface area contributed by atoms with Crippen LogP contribution in [0.3, 0.4) is 0 Å². The zero-order chi connectivity index (χ0) is 32.8. The molecule has 46 heavy (non-hydrogen) atoms. The highest BCUT2D eigenvalue weighted by molar-refractivity contribution is 9.10. The highest BCUT2D eigenvalue weighted by Crippen LogP contribution is 2.38. The van der Waals surface area contributed by atoms with E-state index < -0.39 is 24.2 Å². The van der Waals surface area contributed by atoms with Gasteiger partial charge >= 0.3 is 5.97 Å². The average molecular weight is 710 g/mol. The van der Waals surface area contributed by atoms with Crippen molar-refractivity contribution in [1.29, 1.82) is 0 Å². The number of hydrogen-bond acceptors (Lipinski definition) is 10. The maximum Gasteiger partial charge on any atom is 0.329 e. The van der Waals surface area contributed by atoms with Crippen molar-refractivity contribution in [3.8, 4) is 28.3 Å².